The molecule has 1 aromatic carbocycles. The molecule has 16 heavy (non-hydrogen) atoms. The van der Waals surface area contributed by atoms with Crippen molar-refractivity contribution in [1.82, 2.24) is 0 Å². The van der Waals surface area contributed by atoms with Crippen LogP contribution in [0, 0.1) is 6.92 Å². The van der Waals surface area contributed by atoms with E-state index in [1.807, 2.05) is 6.07 Å². The highest BCUT2D eigenvalue weighted by atomic mass is 79.9. The highest BCUT2D eigenvalue weighted by Gasteiger charge is 2.14. The van der Waals surface area contributed by atoms with Crippen LogP contribution in [0.2, 0.25) is 0 Å². The molecule has 84 valence electrons. The summed E-state index contributed by atoms with van der Waals surface area (Å²) in [6.45, 7) is 2.14. The molecule has 1 unspecified atom stereocenters. The molecule has 1 aromatic heterocycles. The number of furan rings is 1. The minimum Gasteiger partial charge on any atom is -0.457 e. The van der Waals surface area contributed by atoms with Gasteiger partial charge in [-0.3, -0.25) is 0 Å². The van der Waals surface area contributed by atoms with Crippen LogP contribution < -0.4 is 0 Å². The van der Waals surface area contributed by atoms with E-state index < -0.39 is 0 Å². The van der Waals surface area contributed by atoms with Crippen LogP contribution in [-0.2, 0) is 6.42 Å². The lowest BCUT2D eigenvalue weighted by molar-refractivity contribution is 0.536. The van der Waals surface area contributed by atoms with Crippen LogP contribution in [0.3, 0.4) is 0 Å². The van der Waals surface area contributed by atoms with Gasteiger partial charge in [0.1, 0.15) is 0 Å². The second kappa shape index (κ2) is 5.19. The molecule has 0 amide bonds. The second-order valence-electron chi connectivity index (χ2n) is 3.75. The van der Waals surface area contributed by atoms with Crippen molar-refractivity contribution in [2.24, 2.45) is 0 Å². The Morgan fingerprint density at radius 3 is 2.62 bits per heavy atom. The Labute approximate surface area is 112 Å². The molecule has 0 aliphatic carbocycles. The summed E-state index contributed by atoms with van der Waals surface area (Å²) in [5, 5.41) is 0. The van der Waals surface area contributed by atoms with E-state index in [0.29, 0.717) is 0 Å². The molecule has 0 aliphatic heterocycles. The van der Waals surface area contributed by atoms with Gasteiger partial charge in [0.15, 0.2) is 4.67 Å². The Balaban J connectivity index is 2.17. The second-order valence-corrected chi connectivity index (χ2v) is 5.57. The normalized spacial score (nSPS) is 12.7. The van der Waals surface area contributed by atoms with Crippen LogP contribution in [0.25, 0.3) is 0 Å². The summed E-state index contributed by atoms with van der Waals surface area (Å²) in [6.07, 6.45) is 2.66. The number of benzene rings is 1. The van der Waals surface area contributed by atoms with Crippen LogP contribution in [-0.4, -0.2) is 0 Å². The van der Waals surface area contributed by atoms with Crippen molar-refractivity contribution in [2.45, 2.75) is 18.2 Å². The molecule has 2 aromatic rings. The lowest BCUT2D eigenvalue weighted by Gasteiger charge is -2.10. The predicted molar refractivity (Wildman–Crippen MR) is 73.0 cm³/mol. The first-order chi connectivity index (χ1) is 7.68. The summed E-state index contributed by atoms with van der Waals surface area (Å²) >= 11 is 7.10. The average molecular weight is 344 g/mol. The minimum atomic E-state index is 0.279. The van der Waals surface area contributed by atoms with Gasteiger partial charge in [0.25, 0.3) is 0 Å². The largest absolute Gasteiger partial charge is 0.457 e. The maximum atomic E-state index is 5.24. The van der Waals surface area contributed by atoms with E-state index in [9.17, 15) is 0 Å². The van der Waals surface area contributed by atoms with Gasteiger partial charge in [-0.15, -0.1) is 0 Å². The minimum absolute atomic E-state index is 0.279. The zero-order valence-corrected chi connectivity index (χ0v) is 12.1. The summed E-state index contributed by atoms with van der Waals surface area (Å²) in [4.78, 5) is 0.279. The van der Waals surface area contributed by atoms with Crippen LogP contribution in [0.1, 0.15) is 21.5 Å². The summed E-state index contributed by atoms with van der Waals surface area (Å²) in [5.41, 5.74) is 3.84. The topological polar surface area (TPSA) is 13.1 Å². The quantitative estimate of drug-likeness (QED) is 0.712. The summed E-state index contributed by atoms with van der Waals surface area (Å²) in [6, 6.07) is 10.4. The molecular formula is C13H12Br2O. The van der Waals surface area contributed by atoms with E-state index >= 15 is 0 Å². The molecule has 0 radical (unpaired) electrons. The van der Waals surface area contributed by atoms with E-state index in [0.717, 1.165) is 16.7 Å². The molecule has 0 N–H and O–H groups in total. The molecule has 0 saturated heterocycles. The Kier molecular flexibility index (Phi) is 3.87. The van der Waals surface area contributed by atoms with Crippen molar-refractivity contribution < 1.29 is 4.42 Å². The number of hydrogen-bond acceptors (Lipinski definition) is 1. The first-order valence-corrected chi connectivity index (χ1v) is 6.81. The Morgan fingerprint density at radius 2 is 2.00 bits per heavy atom. The lowest BCUT2D eigenvalue weighted by Crippen LogP contribution is -1.96. The third kappa shape index (κ3) is 2.58. The van der Waals surface area contributed by atoms with Crippen molar-refractivity contribution >= 4 is 31.9 Å². The molecule has 1 atom stereocenters. The van der Waals surface area contributed by atoms with Gasteiger partial charge in [0.2, 0.25) is 0 Å². The predicted octanol–water partition coefficient (Wildman–Crippen LogP) is 5.03. The number of halogens is 2. The van der Waals surface area contributed by atoms with E-state index in [-0.39, 0.29) is 4.83 Å². The average Bonchev–Trinajstić information content (AvgIpc) is 2.68. The smallest absolute Gasteiger partial charge is 0.173 e. The monoisotopic (exact) mass is 342 g/mol. The first-order valence-electron chi connectivity index (χ1n) is 5.10. The van der Waals surface area contributed by atoms with Crippen molar-refractivity contribution in [3.63, 3.8) is 0 Å². The van der Waals surface area contributed by atoms with Crippen molar-refractivity contribution in [3.8, 4) is 0 Å². The molecule has 0 saturated carbocycles. The summed E-state index contributed by atoms with van der Waals surface area (Å²) in [7, 11) is 0. The maximum Gasteiger partial charge on any atom is 0.173 e. The fourth-order valence-electron chi connectivity index (χ4n) is 1.67. The van der Waals surface area contributed by atoms with E-state index in [2.05, 4.69) is 63.0 Å². The molecule has 1 nitrogen and oxygen atoms in total. The molecule has 1 heterocycles. The van der Waals surface area contributed by atoms with Crippen LogP contribution in [0.4, 0.5) is 0 Å². The molecule has 0 aliphatic rings. The van der Waals surface area contributed by atoms with Crippen LogP contribution >= 0.6 is 31.9 Å². The molecular weight excluding hydrogens is 332 g/mol. The Hall–Kier alpha value is -0.540. The highest BCUT2D eigenvalue weighted by molar-refractivity contribution is 9.10. The SMILES string of the molecule is Cc1ccccc1CC(Br)c1ccoc1Br. The number of alkyl halides is 1. The lowest BCUT2D eigenvalue weighted by atomic mass is 10.0. The van der Waals surface area contributed by atoms with Gasteiger partial charge in [0, 0.05) is 10.4 Å². The molecule has 0 spiro atoms. The maximum absolute atomic E-state index is 5.24. The Morgan fingerprint density at radius 1 is 1.25 bits per heavy atom. The third-order valence-electron chi connectivity index (χ3n) is 2.64. The fraction of sp³-hybridized carbons (Fsp3) is 0.231. The summed E-state index contributed by atoms with van der Waals surface area (Å²) in [5.74, 6) is 0. The fourth-order valence-corrected chi connectivity index (χ4v) is 3.20. The van der Waals surface area contributed by atoms with Gasteiger partial charge in [-0.1, -0.05) is 40.2 Å². The van der Waals surface area contributed by atoms with Gasteiger partial charge in [-0.25, -0.2) is 0 Å². The van der Waals surface area contributed by atoms with Crippen molar-refractivity contribution in [2.75, 3.05) is 0 Å². The zero-order chi connectivity index (χ0) is 11.5. The van der Waals surface area contributed by atoms with Gasteiger partial charge in [0.05, 0.1) is 6.26 Å². The Bertz CT molecular complexity index is 476. The van der Waals surface area contributed by atoms with Crippen molar-refractivity contribution in [1.29, 1.82) is 0 Å². The first kappa shape index (κ1) is 11.9. The van der Waals surface area contributed by atoms with Gasteiger partial charge < -0.3 is 4.42 Å². The number of aryl methyl sites for hydroxylation is 1. The van der Waals surface area contributed by atoms with E-state index in [1.54, 1.807) is 6.26 Å². The van der Waals surface area contributed by atoms with Crippen molar-refractivity contribution in [3.05, 3.63) is 58.0 Å². The third-order valence-corrected chi connectivity index (χ3v) is 4.11. The molecule has 3 heteroatoms. The molecule has 2 rings (SSSR count). The molecule has 0 fully saturated rings. The van der Waals surface area contributed by atoms with E-state index in [4.69, 9.17) is 4.42 Å². The van der Waals surface area contributed by atoms with Crippen LogP contribution in [0.15, 0.2) is 45.7 Å². The number of rotatable bonds is 3. The summed E-state index contributed by atoms with van der Waals surface area (Å²) < 4.78 is 6.05. The molecule has 0 bridgehead atoms. The highest BCUT2D eigenvalue weighted by Crippen LogP contribution is 2.33. The van der Waals surface area contributed by atoms with Gasteiger partial charge in [-0.05, 0) is 46.5 Å². The van der Waals surface area contributed by atoms with Crippen LogP contribution in [0.5, 0.6) is 0 Å². The number of hydrogen-bond donors (Lipinski definition) is 0. The standard InChI is InChI=1S/C13H12Br2O/c1-9-4-2-3-5-10(9)8-12(14)11-6-7-16-13(11)15/h2-7,12H,8H2,1H3. The van der Waals surface area contributed by atoms with Gasteiger partial charge in [-0.2, -0.15) is 0 Å². The van der Waals surface area contributed by atoms with E-state index in [1.165, 1.54) is 11.1 Å². The zero-order valence-electron chi connectivity index (χ0n) is 8.91. The van der Waals surface area contributed by atoms with Gasteiger partial charge >= 0.3 is 0 Å².